The molecule has 1 aliphatic rings. The number of benzene rings is 1. The summed E-state index contributed by atoms with van der Waals surface area (Å²) in [4.78, 5) is 13.1. The van der Waals surface area contributed by atoms with Crippen molar-refractivity contribution in [2.24, 2.45) is 0 Å². The maximum absolute atomic E-state index is 12.0. The minimum atomic E-state index is -3.10. The van der Waals surface area contributed by atoms with Gasteiger partial charge in [-0.25, -0.2) is 18.4 Å². The van der Waals surface area contributed by atoms with Gasteiger partial charge in [0, 0.05) is 36.7 Å². The Morgan fingerprint density at radius 1 is 1.16 bits per heavy atom. The van der Waals surface area contributed by atoms with Crippen LogP contribution in [0.15, 0.2) is 42.7 Å². The number of aryl methyl sites for hydroxylation is 1. The first-order chi connectivity index (χ1) is 12.0. The summed E-state index contributed by atoms with van der Waals surface area (Å²) in [5, 5.41) is 0. The normalized spacial score (nSPS) is 17.2. The van der Waals surface area contributed by atoms with Crippen molar-refractivity contribution in [3.05, 3.63) is 54.0 Å². The number of rotatable bonds is 3. The van der Waals surface area contributed by atoms with E-state index in [1.807, 2.05) is 37.3 Å². The van der Waals surface area contributed by atoms with Gasteiger partial charge in [-0.1, -0.05) is 18.2 Å². The molecule has 3 aromatic rings. The molecule has 7 heteroatoms. The monoisotopic (exact) mass is 354 g/mol. The quantitative estimate of drug-likeness (QED) is 0.722. The summed E-state index contributed by atoms with van der Waals surface area (Å²) in [5.74, 6) is 0.249. The predicted molar refractivity (Wildman–Crippen MR) is 96.3 cm³/mol. The molecule has 2 aromatic heterocycles. The van der Waals surface area contributed by atoms with Crippen LogP contribution in [0.5, 0.6) is 0 Å². The number of sulfonamides is 1. The summed E-state index contributed by atoms with van der Waals surface area (Å²) in [6.45, 7) is 2.95. The average molecular weight is 354 g/mol. The summed E-state index contributed by atoms with van der Waals surface area (Å²) in [6.07, 6.45) is 3.98. The third-order valence-corrected chi connectivity index (χ3v) is 6.35. The second-order valence-electron chi connectivity index (χ2n) is 6.22. The van der Waals surface area contributed by atoms with Crippen LogP contribution >= 0.6 is 0 Å². The molecule has 0 amide bonds. The van der Waals surface area contributed by atoms with Crippen molar-refractivity contribution in [2.75, 3.05) is 12.3 Å². The minimum absolute atomic E-state index is 0.249. The molecule has 0 radical (unpaired) electrons. The van der Waals surface area contributed by atoms with E-state index in [1.54, 1.807) is 16.7 Å². The van der Waals surface area contributed by atoms with E-state index in [4.69, 9.17) is 0 Å². The third-order valence-electron chi connectivity index (χ3n) is 4.45. The maximum atomic E-state index is 12.0. The Morgan fingerprint density at radius 2 is 2.00 bits per heavy atom. The minimum Gasteiger partial charge on any atom is -0.251 e. The lowest BCUT2D eigenvalue weighted by Gasteiger charge is -2.15. The molecule has 0 N–H and O–H groups in total. The van der Waals surface area contributed by atoms with Crippen LogP contribution in [0.2, 0.25) is 0 Å². The number of fused-ring (bicyclic) bond motifs is 1. The van der Waals surface area contributed by atoms with Crippen LogP contribution in [0, 0.1) is 6.92 Å². The highest BCUT2D eigenvalue weighted by Crippen LogP contribution is 2.27. The van der Waals surface area contributed by atoms with E-state index in [9.17, 15) is 8.42 Å². The Morgan fingerprint density at radius 3 is 2.80 bits per heavy atom. The first-order valence-electron chi connectivity index (χ1n) is 8.18. The standard InChI is InChI=1S/C18H18N4O2S/c1-13-16(11-17-18(21-13)20-7-6-19-17)15-5-2-4-14(10-15)12-22-8-3-9-25(22,23)24/h2,4-7,10-11H,3,8-9,12H2,1H3. The van der Waals surface area contributed by atoms with Gasteiger partial charge in [0.05, 0.1) is 5.75 Å². The second kappa shape index (κ2) is 6.16. The van der Waals surface area contributed by atoms with Gasteiger partial charge in [-0.2, -0.15) is 4.31 Å². The third kappa shape index (κ3) is 3.12. The van der Waals surface area contributed by atoms with Crippen LogP contribution in [-0.4, -0.2) is 40.0 Å². The van der Waals surface area contributed by atoms with E-state index in [0.717, 1.165) is 27.9 Å². The molecule has 0 spiro atoms. The number of aromatic nitrogens is 3. The molecular formula is C18H18N4O2S. The van der Waals surface area contributed by atoms with Gasteiger partial charge in [-0.15, -0.1) is 0 Å². The van der Waals surface area contributed by atoms with Crippen molar-refractivity contribution < 1.29 is 8.42 Å². The van der Waals surface area contributed by atoms with Gasteiger partial charge in [-0.05, 0) is 36.6 Å². The van der Waals surface area contributed by atoms with Crippen LogP contribution in [0.1, 0.15) is 17.7 Å². The fraction of sp³-hybridized carbons (Fsp3) is 0.278. The van der Waals surface area contributed by atoms with Crippen molar-refractivity contribution in [3.8, 4) is 11.1 Å². The zero-order chi connectivity index (χ0) is 17.4. The number of hydrogen-bond donors (Lipinski definition) is 0. The van der Waals surface area contributed by atoms with Crippen LogP contribution in [0.3, 0.4) is 0 Å². The molecule has 6 nitrogen and oxygen atoms in total. The van der Waals surface area contributed by atoms with Gasteiger partial charge in [0.15, 0.2) is 5.65 Å². The molecule has 128 valence electrons. The summed E-state index contributed by atoms with van der Waals surface area (Å²) < 4.78 is 25.6. The van der Waals surface area contributed by atoms with Crippen LogP contribution in [-0.2, 0) is 16.6 Å². The van der Waals surface area contributed by atoms with E-state index in [2.05, 4.69) is 15.0 Å². The SMILES string of the molecule is Cc1nc2nccnc2cc1-c1cccc(CN2CCCS2(=O)=O)c1. The van der Waals surface area contributed by atoms with E-state index >= 15 is 0 Å². The highest BCUT2D eigenvalue weighted by Gasteiger charge is 2.28. The molecule has 0 aliphatic carbocycles. The Hall–Kier alpha value is -2.38. The van der Waals surface area contributed by atoms with Crippen molar-refractivity contribution in [1.82, 2.24) is 19.3 Å². The molecule has 25 heavy (non-hydrogen) atoms. The Labute approximate surface area is 146 Å². The molecule has 3 heterocycles. The van der Waals surface area contributed by atoms with E-state index in [1.165, 1.54) is 0 Å². The van der Waals surface area contributed by atoms with Crippen molar-refractivity contribution in [2.45, 2.75) is 19.9 Å². The largest absolute Gasteiger partial charge is 0.251 e. The first kappa shape index (κ1) is 16.1. The van der Waals surface area contributed by atoms with Crippen LogP contribution in [0.4, 0.5) is 0 Å². The second-order valence-corrected chi connectivity index (χ2v) is 8.31. The van der Waals surface area contributed by atoms with Gasteiger partial charge >= 0.3 is 0 Å². The van der Waals surface area contributed by atoms with Gasteiger partial charge in [-0.3, -0.25) is 4.98 Å². The topological polar surface area (TPSA) is 76.1 Å². The van der Waals surface area contributed by atoms with Crippen molar-refractivity contribution in [3.63, 3.8) is 0 Å². The number of pyridine rings is 1. The summed E-state index contributed by atoms with van der Waals surface area (Å²) in [5.41, 5.74) is 5.21. The van der Waals surface area contributed by atoms with Gasteiger partial charge in [0.2, 0.25) is 10.0 Å². The zero-order valence-corrected chi connectivity index (χ0v) is 14.7. The number of hydrogen-bond acceptors (Lipinski definition) is 5. The summed E-state index contributed by atoms with van der Waals surface area (Å²) >= 11 is 0. The Bertz CT molecular complexity index is 1050. The lowest BCUT2D eigenvalue weighted by Crippen LogP contribution is -2.25. The van der Waals surface area contributed by atoms with E-state index < -0.39 is 10.0 Å². The first-order valence-corrected chi connectivity index (χ1v) is 9.79. The Kier molecular flexibility index (Phi) is 3.97. The van der Waals surface area contributed by atoms with Crippen molar-refractivity contribution in [1.29, 1.82) is 0 Å². The molecular weight excluding hydrogens is 336 g/mol. The molecule has 0 bridgehead atoms. The average Bonchev–Trinajstić information content (AvgIpc) is 2.93. The molecule has 1 fully saturated rings. The van der Waals surface area contributed by atoms with Crippen molar-refractivity contribution >= 4 is 21.2 Å². The maximum Gasteiger partial charge on any atom is 0.214 e. The summed E-state index contributed by atoms with van der Waals surface area (Å²) in [6, 6.07) is 9.93. The molecule has 4 rings (SSSR count). The Balaban J connectivity index is 1.71. The molecule has 0 saturated carbocycles. The molecule has 1 aromatic carbocycles. The van der Waals surface area contributed by atoms with Gasteiger partial charge in [0.25, 0.3) is 0 Å². The molecule has 1 aliphatic heterocycles. The lowest BCUT2D eigenvalue weighted by atomic mass is 10.0. The number of nitrogens with zero attached hydrogens (tertiary/aromatic N) is 4. The summed E-state index contributed by atoms with van der Waals surface area (Å²) in [7, 11) is -3.10. The molecule has 0 atom stereocenters. The fourth-order valence-electron chi connectivity index (χ4n) is 3.19. The highest BCUT2D eigenvalue weighted by atomic mass is 32.2. The van der Waals surface area contributed by atoms with Crippen LogP contribution in [0.25, 0.3) is 22.3 Å². The molecule has 0 unspecified atom stereocenters. The highest BCUT2D eigenvalue weighted by molar-refractivity contribution is 7.89. The van der Waals surface area contributed by atoms with E-state index in [-0.39, 0.29) is 5.75 Å². The van der Waals surface area contributed by atoms with Crippen LogP contribution < -0.4 is 0 Å². The predicted octanol–water partition coefficient (Wildman–Crippen LogP) is 2.54. The molecule has 1 saturated heterocycles. The lowest BCUT2D eigenvalue weighted by molar-refractivity contribution is 0.440. The zero-order valence-electron chi connectivity index (χ0n) is 13.9. The van der Waals surface area contributed by atoms with E-state index in [0.29, 0.717) is 25.2 Å². The van der Waals surface area contributed by atoms with Gasteiger partial charge < -0.3 is 0 Å². The van der Waals surface area contributed by atoms with Gasteiger partial charge in [0.1, 0.15) is 5.52 Å². The fourth-order valence-corrected chi connectivity index (χ4v) is 4.70. The smallest absolute Gasteiger partial charge is 0.214 e.